The summed E-state index contributed by atoms with van der Waals surface area (Å²) in [6.07, 6.45) is 0. The molecule has 14 N–H and O–H groups in total. The minimum atomic E-state index is -4.67. The standard InChI is InChI=1S/C7H6O3.Na.H2O4S.5H2O.Zn.H/c8-6-4-2-1-3-5(6)7(9)10;;1-5(2,3)4;;;;;;;/h1-4,8H,(H,9,10);;(H2,1,2,3,4);5*1H2;;. The Hall–Kier alpha value is -0.217. The second-order valence-corrected chi connectivity index (χ2v) is 3.17. The number of hydrogen-bond acceptors (Lipinski definition) is 4. The van der Waals surface area contributed by atoms with Crippen molar-refractivity contribution in [1.82, 2.24) is 0 Å². The maximum Gasteiger partial charge on any atom is 0 e. The minimum Gasteiger partial charge on any atom is 0 e. The van der Waals surface area contributed by atoms with Gasteiger partial charge in [0.2, 0.25) is 0 Å². The van der Waals surface area contributed by atoms with Crippen LogP contribution in [-0.4, -0.2) is 90.6 Å². The Morgan fingerprint density at radius 2 is 1.18 bits per heavy atom. The van der Waals surface area contributed by atoms with Crippen molar-refractivity contribution in [2.24, 2.45) is 0 Å². The summed E-state index contributed by atoms with van der Waals surface area (Å²) in [5.41, 5.74) is -0.0671. The van der Waals surface area contributed by atoms with Gasteiger partial charge in [0.15, 0.2) is 0 Å². The van der Waals surface area contributed by atoms with Gasteiger partial charge < -0.3 is 37.6 Å². The molecule has 0 fully saturated rings. The number of aromatic carboxylic acids is 1. The molecule has 0 saturated heterocycles. The van der Waals surface area contributed by atoms with Gasteiger partial charge in [-0.3, -0.25) is 9.11 Å². The molecule has 0 aliphatic carbocycles. The van der Waals surface area contributed by atoms with Crippen molar-refractivity contribution in [3.63, 3.8) is 0 Å². The van der Waals surface area contributed by atoms with Crippen LogP contribution in [0.15, 0.2) is 24.3 Å². The third-order valence-electron chi connectivity index (χ3n) is 1.13. The summed E-state index contributed by atoms with van der Waals surface area (Å²) >= 11 is 0. The van der Waals surface area contributed by atoms with Crippen LogP contribution in [0.1, 0.15) is 10.4 Å². The van der Waals surface area contributed by atoms with Gasteiger partial charge in [0.1, 0.15) is 11.3 Å². The molecular weight excluding hydrogens is 397 g/mol. The molecule has 0 bridgehead atoms. The van der Waals surface area contributed by atoms with E-state index in [4.69, 9.17) is 27.7 Å². The molecule has 128 valence electrons. The van der Waals surface area contributed by atoms with Crippen LogP contribution in [0.25, 0.3) is 0 Å². The fraction of sp³-hybridized carbons (Fsp3) is 0. The second kappa shape index (κ2) is 23.1. The predicted molar refractivity (Wildman–Crippen MR) is 74.5 cm³/mol. The molecule has 0 aliphatic heterocycles. The van der Waals surface area contributed by atoms with Gasteiger partial charge in [0.05, 0.1) is 0 Å². The van der Waals surface area contributed by atoms with Crippen molar-refractivity contribution in [2.75, 3.05) is 0 Å². The monoisotopic (exact) mass is 414 g/mol. The largest absolute Gasteiger partial charge is 0 e. The quantitative estimate of drug-likeness (QED) is 0.257. The van der Waals surface area contributed by atoms with Crippen molar-refractivity contribution in [1.29, 1.82) is 0 Å². The van der Waals surface area contributed by atoms with Crippen LogP contribution < -0.4 is 0 Å². The fourth-order valence-electron chi connectivity index (χ4n) is 0.654. The van der Waals surface area contributed by atoms with E-state index < -0.39 is 16.4 Å². The first-order valence-electron chi connectivity index (χ1n) is 3.43. The number of phenols is 1. The maximum absolute atomic E-state index is 10.3. The SMILES string of the molecule is O.O.O.O.O.O=C(O)c1ccccc1O.O=S(=O)(O)O.[NaH].[Zn]. The number of carboxylic acid groups (broad SMARTS) is 1. The fourth-order valence-corrected chi connectivity index (χ4v) is 0.654. The van der Waals surface area contributed by atoms with E-state index in [2.05, 4.69) is 0 Å². The van der Waals surface area contributed by atoms with Crippen molar-refractivity contribution in [3.05, 3.63) is 29.8 Å². The van der Waals surface area contributed by atoms with Crippen LogP contribution in [0.2, 0.25) is 0 Å². The van der Waals surface area contributed by atoms with E-state index in [0.717, 1.165) is 0 Å². The number of rotatable bonds is 1. The molecule has 0 spiro atoms. The summed E-state index contributed by atoms with van der Waals surface area (Å²) in [6.45, 7) is 0. The molecule has 0 saturated carbocycles. The third kappa shape index (κ3) is 31.9. The van der Waals surface area contributed by atoms with Gasteiger partial charge in [-0.15, -0.1) is 0 Å². The molecule has 15 heteroatoms. The van der Waals surface area contributed by atoms with Crippen molar-refractivity contribution in [3.8, 4) is 5.75 Å². The van der Waals surface area contributed by atoms with Crippen molar-refractivity contribution in [2.45, 2.75) is 0 Å². The number of hydrogen-bond donors (Lipinski definition) is 4. The Kier molecular flexibility index (Phi) is 51.9. The zero-order valence-electron chi connectivity index (χ0n) is 10.4. The Morgan fingerprint density at radius 1 is 0.909 bits per heavy atom. The predicted octanol–water partition coefficient (Wildman–Crippen LogP) is -4.34. The smallest absolute Gasteiger partial charge is 0 e. The first-order valence-corrected chi connectivity index (χ1v) is 4.82. The average molecular weight is 416 g/mol. The molecule has 12 nitrogen and oxygen atoms in total. The Morgan fingerprint density at radius 3 is 1.36 bits per heavy atom. The number of aromatic hydroxyl groups is 1. The second-order valence-electron chi connectivity index (χ2n) is 2.27. The van der Waals surface area contributed by atoms with Crippen LogP contribution in [0, 0.1) is 0 Å². The molecule has 0 aromatic heterocycles. The van der Waals surface area contributed by atoms with Crippen LogP contribution in [0.4, 0.5) is 0 Å². The minimum absolute atomic E-state index is 0. The zero-order chi connectivity index (χ0) is 12.1. The Balaban J connectivity index is -0.0000000249. The van der Waals surface area contributed by atoms with E-state index >= 15 is 0 Å². The molecule has 22 heavy (non-hydrogen) atoms. The summed E-state index contributed by atoms with van der Waals surface area (Å²) < 4.78 is 31.6. The van der Waals surface area contributed by atoms with Gasteiger partial charge in [0, 0.05) is 19.5 Å². The zero-order valence-corrected chi connectivity index (χ0v) is 14.2. The summed E-state index contributed by atoms with van der Waals surface area (Å²) in [5, 5.41) is 17.3. The molecule has 1 aromatic carbocycles. The van der Waals surface area contributed by atoms with Gasteiger partial charge in [-0.25, -0.2) is 4.79 Å². The van der Waals surface area contributed by atoms with Gasteiger partial charge in [-0.05, 0) is 12.1 Å². The molecule has 0 heterocycles. The Bertz CT molecular complexity index is 445. The van der Waals surface area contributed by atoms with Gasteiger partial charge >= 0.3 is 45.9 Å². The molecular formula is C7H19NaO12SZn. The Labute approximate surface area is 160 Å². The molecule has 0 atom stereocenters. The topological polar surface area (TPSA) is 290 Å². The summed E-state index contributed by atoms with van der Waals surface area (Å²) in [6, 6.07) is 5.81. The number of para-hydroxylation sites is 1. The average Bonchev–Trinajstić information content (AvgIpc) is 2.01. The summed E-state index contributed by atoms with van der Waals surface area (Å²) in [5.74, 6) is -1.31. The molecule has 1 aromatic rings. The van der Waals surface area contributed by atoms with E-state index in [9.17, 15) is 4.79 Å². The molecule has 0 amide bonds. The summed E-state index contributed by atoms with van der Waals surface area (Å²) in [7, 11) is -4.67. The summed E-state index contributed by atoms with van der Waals surface area (Å²) in [4.78, 5) is 10.3. The molecule has 0 radical (unpaired) electrons. The third-order valence-corrected chi connectivity index (χ3v) is 1.13. The van der Waals surface area contributed by atoms with Crippen LogP contribution in [-0.2, 0) is 29.9 Å². The van der Waals surface area contributed by atoms with Gasteiger partial charge in [0.25, 0.3) is 0 Å². The van der Waals surface area contributed by atoms with Crippen molar-refractivity contribution < 1.29 is 79.4 Å². The normalized spacial score (nSPS) is 6.82. The molecule has 1 rings (SSSR count). The number of benzene rings is 1. The molecule has 0 aliphatic rings. The van der Waals surface area contributed by atoms with Crippen LogP contribution in [0.5, 0.6) is 5.75 Å². The van der Waals surface area contributed by atoms with Crippen LogP contribution >= 0.6 is 0 Å². The van der Waals surface area contributed by atoms with Crippen molar-refractivity contribution >= 4 is 45.9 Å². The van der Waals surface area contributed by atoms with E-state index in [1.54, 1.807) is 12.1 Å². The first-order chi connectivity index (χ1) is 6.72. The number of carbonyl (C=O) groups is 1. The van der Waals surface area contributed by atoms with E-state index in [-0.39, 0.29) is 87.7 Å². The van der Waals surface area contributed by atoms with Gasteiger partial charge in [-0.2, -0.15) is 8.42 Å². The number of carboxylic acids is 1. The van der Waals surface area contributed by atoms with E-state index in [0.29, 0.717) is 0 Å². The van der Waals surface area contributed by atoms with Crippen LogP contribution in [0.3, 0.4) is 0 Å². The van der Waals surface area contributed by atoms with Gasteiger partial charge in [-0.1, -0.05) is 12.1 Å². The van der Waals surface area contributed by atoms with E-state index in [1.165, 1.54) is 12.1 Å². The molecule has 0 unspecified atom stereocenters. The first kappa shape index (κ1) is 49.5. The van der Waals surface area contributed by atoms with E-state index in [1.807, 2.05) is 0 Å². The maximum atomic E-state index is 10.3.